The van der Waals surface area contributed by atoms with E-state index < -0.39 is 5.81 Å². The summed E-state index contributed by atoms with van der Waals surface area (Å²) in [6.45, 7) is 0. The topological polar surface area (TPSA) is 29.1 Å². The number of amides is 1. The normalized spacial score (nSPS) is 19.5. The second kappa shape index (κ2) is 3.25. The van der Waals surface area contributed by atoms with Crippen LogP contribution >= 0.6 is 0 Å². The summed E-state index contributed by atoms with van der Waals surface area (Å²) >= 11 is 0. The van der Waals surface area contributed by atoms with Gasteiger partial charge >= 0.3 is 0 Å². The zero-order chi connectivity index (χ0) is 9.26. The Morgan fingerprint density at radius 1 is 1.46 bits per heavy atom. The highest BCUT2D eigenvalue weighted by molar-refractivity contribution is 6.57. The van der Waals surface area contributed by atoms with Gasteiger partial charge in [0.15, 0.2) is 5.81 Å². The number of hydrogen-bond donors (Lipinski definition) is 1. The Balaban J connectivity index is 2.23. The lowest BCUT2D eigenvalue weighted by molar-refractivity contribution is 0.256. The van der Waals surface area contributed by atoms with Crippen LogP contribution in [0.2, 0.25) is 0 Å². The van der Waals surface area contributed by atoms with Gasteiger partial charge in [-0.1, -0.05) is 24.3 Å². The lowest BCUT2D eigenvalue weighted by Gasteiger charge is -2.12. The molecule has 0 saturated heterocycles. The van der Waals surface area contributed by atoms with Gasteiger partial charge in [-0.25, -0.2) is 0 Å². The van der Waals surface area contributed by atoms with E-state index in [1.54, 1.807) is 0 Å². The maximum absolute atomic E-state index is 10.7. The molecule has 2 rings (SSSR count). The molecule has 1 aromatic carbocycles. The van der Waals surface area contributed by atoms with E-state index in [-0.39, 0.29) is 6.04 Å². The van der Waals surface area contributed by atoms with E-state index in [0.29, 0.717) is 0 Å². The van der Waals surface area contributed by atoms with E-state index in [1.807, 2.05) is 18.2 Å². The van der Waals surface area contributed by atoms with E-state index in [1.165, 1.54) is 11.1 Å². The zero-order valence-electron chi connectivity index (χ0n) is 7.29. The third-order valence-electron chi connectivity index (χ3n) is 2.45. The Morgan fingerprint density at radius 2 is 2.23 bits per heavy atom. The maximum atomic E-state index is 10.7. The van der Waals surface area contributed by atoms with E-state index in [0.717, 1.165) is 12.8 Å². The molecule has 1 N–H and O–H groups in total. The fraction of sp³-hybridized carbons (Fsp3) is 0.300. The summed E-state index contributed by atoms with van der Waals surface area (Å²) < 4.78 is 0. The molecule has 2 radical (unpaired) electrons. The number of nitrogens with one attached hydrogen (secondary N) is 1. The summed E-state index contributed by atoms with van der Waals surface area (Å²) in [5.74, 6) is -0.443. The van der Waals surface area contributed by atoms with Gasteiger partial charge in [-0.15, -0.1) is 0 Å². The smallest absolute Gasteiger partial charge is 0.200 e. The van der Waals surface area contributed by atoms with Crippen molar-refractivity contribution in [2.45, 2.75) is 18.9 Å². The summed E-state index contributed by atoms with van der Waals surface area (Å²) in [4.78, 5) is 10.7. The Labute approximate surface area is 78.7 Å². The summed E-state index contributed by atoms with van der Waals surface area (Å²) in [7, 11) is 5.08. The van der Waals surface area contributed by atoms with Crippen molar-refractivity contribution in [3.05, 3.63) is 35.4 Å². The number of rotatable bonds is 1. The van der Waals surface area contributed by atoms with Crippen molar-refractivity contribution >= 4 is 13.7 Å². The van der Waals surface area contributed by atoms with Crippen LogP contribution in [-0.2, 0) is 6.42 Å². The minimum Gasteiger partial charge on any atom is -0.359 e. The molecule has 64 valence electrons. The molecular formula is C10H10BNO. The third kappa shape index (κ3) is 1.59. The van der Waals surface area contributed by atoms with Gasteiger partial charge in [-0.2, -0.15) is 0 Å². The predicted molar refractivity (Wildman–Crippen MR) is 51.8 cm³/mol. The van der Waals surface area contributed by atoms with Crippen LogP contribution in [0.5, 0.6) is 0 Å². The Bertz CT molecular complexity index is 337. The second-order valence-corrected chi connectivity index (χ2v) is 3.30. The maximum Gasteiger partial charge on any atom is 0.200 e. The van der Waals surface area contributed by atoms with Gasteiger partial charge in [-0.3, -0.25) is 4.79 Å². The largest absolute Gasteiger partial charge is 0.359 e. The number of benzene rings is 1. The molecular weight excluding hydrogens is 161 g/mol. The van der Waals surface area contributed by atoms with Crippen LogP contribution in [0.1, 0.15) is 23.6 Å². The first-order chi connectivity index (χ1) is 6.27. The first-order valence-corrected chi connectivity index (χ1v) is 4.41. The highest BCUT2D eigenvalue weighted by Gasteiger charge is 2.21. The molecule has 0 bridgehead atoms. The van der Waals surface area contributed by atoms with Gasteiger partial charge in [0.1, 0.15) is 0 Å². The number of fused-ring (bicyclic) bond motifs is 1. The summed E-state index contributed by atoms with van der Waals surface area (Å²) in [5.41, 5.74) is 2.53. The van der Waals surface area contributed by atoms with Crippen LogP contribution in [0.25, 0.3) is 0 Å². The van der Waals surface area contributed by atoms with Crippen LogP contribution in [0.3, 0.4) is 0 Å². The molecule has 1 unspecified atom stereocenters. The number of carbonyl (C=O) groups excluding carboxylic acids is 1. The lowest BCUT2D eigenvalue weighted by Crippen LogP contribution is -2.25. The fourth-order valence-electron chi connectivity index (χ4n) is 1.88. The van der Waals surface area contributed by atoms with E-state index in [9.17, 15) is 4.79 Å². The summed E-state index contributed by atoms with van der Waals surface area (Å²) in [6, 6.07) is 8.26. The van der Waals surface area contributed by atoms with Crippen molar-refractivity contribution in [3.63, 3.8) is 0 Å². The molecule has 1 aliphatic carbocycles. The van der Waals surface area contributed by atoms with E-state index in [2.05, 4.69) is 11.4 Å². The van der Waals surface area contributed by atoms with Gasteiger partial charge in [0, 0.05) is 0 Å². The van der Waals surface area contributed by atoms with Crippen LogP contribution < -0.4 is 5.32 Å². The zero-order valence-corrected chi connectivity index (χ0v) is 7.29. The third-order valence-corrected chi connectivity index (χ3v) is 2.45. The Morgan fingerprint density at radius 3 is 3.00 bits per heavy atom. The number of carbonyl (C=O) groups is 1. The average molecular weight is 171 g/mol. The first-order valence-electron chi connectivity index (χ1n) is 4.41. The summed E-state index contributed by atoms with van der Waals surface area (Å²) in [5, 5.41) is 2.74. The van der Waals surface area contributed by atoms with Crippen LogP contribution in [0.15, 0.2) is 24.3 Å². The number of hydrogen-bond acceptors (Lipinski definition) is 1. The molecule has 0 spiro atoms. The van der Waals surface area contributed by atoms with E-state index >= 15 is 0 Å². The molecule has 0 fully saturated rings. The molecule has 0 aliphatic heterocycles. The number of aryl methyl sites for hydroxylation is 1. The van der Waals surface area contributed by atoms with Crippen LogP contribution in [-0.4, -0.2) is 13.7 Å². The molecule has 0 heterocycles. The average Bonchev–Trinajstić information content (AvgIpc) is 2.48. The highest BCUT2D eigenvalue weighted by atomic mass is 16.1. The molecule has 1 atom stereocenters. The highest BCUT2D eigenvalue weighted by Crippen LogP contribution is 2.30. The van der Waals surface area contributed by atoms with Gasteiger partial charge in [-0.05, 0) is 24.0 Å². The summed E-state index contributed by atoms with van der Waals surface area (Å²) in [6.07, 6.45) is 1.99. The van der Waals surface area contributed by atoms with Gasteiger partial charge in [0.2, 0.25) is 7.85 Å². The molecule has 1 aromatic rings. The van der Waals surface area contributed by atoms with Gasteiger partial charge < -0.3 is 5.32 Å². The quantitative estimate of drug-likeness (QED) is 0.638. The molecule has 0 saturated carbocycles. The fourth-order valence-corrected chi connectivity index (χ4v) is 1.88. The molecule has 13 heavy (non-hydrogen) atoms. The van der Waals surface area contributed by atoms with Crippen molar-refractivity contribution in [2.24, 2.45) is 0 Å². The van der Waals surface area contributed by atoms with Crippen molar-refractivity contribution in [3.8, 4) is 0 Å². The molecule has 1 aliphatic rings. The molecule has 3 heteroatoms. The Hall–Kier alpha value is -1.25. The van der Waals surface area contributed by atoms with Gasteiger partial charge in [0.25, 0.3) is 0 Å². The SMILES string of the molecule is [B]C(=O)NC1CCc2ccccc21. The second-order valence-electron chi connectivity index (χ2n) is 3.30. The van der Waals surface area contributed by atoms with Crippen molar-refractivity contribution in [1.82, 2.24) is 5.32 Å². The van der Waals surface area contributed by atoms with Gasteiger partial charge in [0.05, 0.1) is 6.04 Å². The standard InChI is InChI=1S/C10H10BNO/c11-10(13)12-9-6-5-7-3-1-2-4-8(7)9/h1-4,9H,5-6H2,(H,12,13). The van der Waals surface area contributed by atoms with Crippen LogP contribution in [0.4, 0.5) is 4.79 Å². The van der Waals surface area contributed by atoms with Crippen molar-refractivity contribution in [2.75, 3.05) is 0 Å². The van der Waals surface area contributed by atoms with E-state index in [4.69, 9.17) is 7.85 Å². The lowest BCUT2D eigenvalue weighted by atomic mass is 10.1. The first kappa shape index (κ1) is 8.36. The molecule has 0 aromatic heterocycles. The molecule has 2 nitrogen and oxygen atoms in total. The predicted octanol–water partition coefficient (Wildman–Crippen LogP) is 1.55. The molecule has 1 amide bonds. The monoisotopic (exact) mass is 171 g/mol. The van der Waals surface area contributed by atoms with Crippen LogP contribution in [0, 0.1) is 0 Å². The van der Waals surface area contributed by atoms with Crippen molar-refractivity contribution in [1.29, 1.82) is 0 Å². The minimum absolute atomic E-state index is 0.119. The Kier molecular flexibility index (Phi) is 2.09. The minimum atomic E-state index is -0.443. The van der Waals surface area contributed by atoms with Crippen molar-refractivity contribution < 1.29 is 4.79 Å².